The fourth-order valence-electron chi connectivity index (χ4n) is 8.30. The highest BCUT2D eigenvalue weighted by atomic mass is 16.8. The van der Waals surface area contributed by atoms with Crippen LogP contribution in [0.25, 0.3) is 0 Å². The topological polar surface area (TPSA) is 194 Å². The average Bonchev–Trinajstić information content (AvgIpc) is 3.25. The van der Waals surface area contributed by atoms with Crippen LogP contribution in [0.1, 0.15) is 0 Å². The van der Waals surface area contributed by atoms with Gasteiger partial charge in [-0.15, -0.1) is 0 Å². The number of rotatable bonds is 29. The lowest BCUT2D eigenvalue weighted by Crippen LogP contribution is -2.68. The maximum absolute atomic E-state index is 6.97. The Morgan fingerprint density at radius 3 is 1.00 bits per heavy atom. The molecular weight excluding hydrogens is 804 g/mol. The SMILES string of the molecule is COC[C@H](OC)[C@H](OC)[C@H](O[C@@H]1O[C@H](COC)[C@H](OC)[C@H](O[C@H]2O[C@H](COC)[C@@H](OC)[C@H](O[C@H]3O[C@H](COC)[C@@H](OC)[C@H](OC)[C@@H]3OC)[C@@H]2OC)[C@H]1OC)[C@@H](COC)OC. The van der Waals surface area contributed by atoms with Gasteiger partial charge in [-0.25, -0.2) is 0 Å². The summed E-state index contributed by atoms with van der Waals surface area (Å²) in [5.41, 5.74) is 0. The molecule has 3 aliphatic rings. The molecule has 60 heavy (non-hydrogen) atoms. The minimum Gasteiger partial charge on any atom is -0.382 e. The Labute approximate surface area is 355 Å². The third-order valence-electron chi connectivity index (χ3n) is 11.1. The van der Waals surface area contributed by atoms with Crippen LogP contribution in [0.5, 0.6) is 0 Å². The molecule has 0 N–H and O–H groups in total. The van der Waals surface area contributed by atoms with Gasteiger partial charge in [-0.2, -0.15) is 0 Å². The van der Waals surface area contributed by atoms with Gasteiger partial charge < -0.3 is 99.5 Å². The van der Waals surface area contributed by atoms with Crippen molar-refractivity contribution in [2.45, 2.75) is 117 Å². The van der Waals surface area contributed by atoms with Crippen LogP contribution in [-0.4, -0.2) is 256 Å². The van der Waals surface area contributed by atoms with Crippen LogP contribution < -0.4 is 0 Å². The lowest BCUT2D eigenvalue weighted by molar-refractivity contribution is -0.391. The maximum atomic E-state index is 6.97. The quantitative estimate of drug-likeness (QED) is 0.0950. The second-order valence-corrected chi connectivity index (χ2v) is 14.4. The van der Waals surface area contributed by atoms with E-state index < -0.39 is 117 Å². The second kappa shape index (κ2) is 28.2. The third kappa shape index (κ3) is 12.9. The van der Waals surface area contributed by atoms with E-state index >= 15 is 0 Å². The zero-order valence-corrected chi connectivity index (χ0v) is 38.1. The maximum Gasteiger partial charge on any atom is 0.187 e. The predicted octanol–water partition coefficient (Wildman–Crippen LogP) is -0.301. The Kier molecular flexibility index (Phi) is 25.1. The Balaban J connectivity index is 2.11. The molecule has 0 unspecified atom stereocenters. The smallest absolute Gasteiger partial charge is 0.187 e. The normalized spacial score (nSPS) is 37.1. The van der Waals surface area contributed by atoms with E-state index in [1.165, 1.54) is 28.4 Å². The molecule has 3 saturated heterocycles. The molecule has 3 rings (SSSR count). The highest BCUT2D eigenvalue weighted by Gasteiger charge is 2.57. The van der Waals surface area contributed by atoms with Crippen molar-refractivity contribution < 1.29 is 99.5 Å². The van der Waals surface area contributed by atoms with Gasteiger partial charge in [0.2, 0.25) is 0 Å². The van der Waals surface area contributed by atoms with E-state index in [0.29, 0.717) is 0 Å². The summed E-state index contributed by atoms with van der Waals surface area (Å²) in [7, 11) is 23.2. The van der Waals surface area contributed by atoms with Crippen molar-refractivity contribution in [2.24, 2.45) is 0 Å². The molecule has 19 atom stereocenters. The van der Waals surface area contributed by atoms with E-state index in [2.05, 4.69) is 0 Å². The van der Waals surface area contributed by atoms with Gasteiger partial charge in [-0.1, -0.05) is 0 Å². The zero-order valence-electron chi connectivity index (χ0n) is 38.1. The minimum absolute atomic E-state index is 0.0927. The highest BCUT2D eigenvalue weighted by molar-refractivity contribution is 5.00. The Hall–Kier alpha value is -0.840. The summed E-state index contributed by atoms with van der Waals surface area (Å²) in [6.07, 6.45) is -15.3. The van der Waals surface area contributed by atoms with Crippen LogP contribution in [0.2, 0.25) is 0 Å². The van der Waals surface area contributed by atoms with Gasteiger partial charge in [0.25, 0.3) is 0 Å². The Bertz CT molecular complexity index is 1110. The van der Waals surface area contributed by atoms with Gasteiger partial charge in [0.15, 0.2) is 18.9 Å². The number of ether oxygens (including phenoxy) is 21. The summed E-state index contributed by atoms with van der Waals surface area (Å²) in [4.78, 5) is 0. The highest BCUT2D eigenvalue weighted by Crippen LogP contribution is 2.38. The summed E-state index contributed by atoms with van der Waals surface area (Å²) >= 11 is 0. The van der Waals surface area contributed by atoms with Crippen molar-refractivity contribution in [3.63, 3.8) is 0 Å². The van der Waals surface area contributed by atoms with Crippen LogP contribution >= 0.6 is 0 Å². The molecule has 0 aromatic heterocycles. The molecule has 0 radical (unpaired) electrons. The van der Waals surface area contributed by atoms with E-state index in [0.717, 1.165) is 0 Å². The molecule has 0 aromatic carbocycles. The first kappa shape index (κ1) is 53.5. The minimum atomic E-state index is -1.15. The number of hydrogen-bond acceptors (Lipinski definition) is 21. The summed E-state index contributed by atoms with van der Waals surface area (Å²) in [5, 5.41) is 0. The largest absolute Gasteiger partial charge is 0.382 e. The molecule has 0 aliphatic carbocycles. The first-order chi connectivity index (χ1) is 29.1. The lowest BCUT2D eigenvalue weighted by Gasteiger charge is -2.51. The van der Waals surface area contributed by atoms with Crippen molar-refractivity contribution in [1.29, 1.82) is 0 Å². The van der Waals surface area contributed by atoms with E-state index in [1.807, 2.05) is 0 Å². The van der Waals surface area contributed by atoms with Gasteiger partial charge in [-0.3, -0.25) is 0 Å². The zero-order chi connectivity index (χ0) is 44.4. The lowest BCUT2D eigenvalue weighted by atomic mass is 9.95. The third-order valence-corrected chi connectivity index (χ3v) is 11.1. The van der Waals surface area contributed by atoms with Gasteiger partial charge in [0, 0.05) is 107 Å². The van der Waals surface area contributed by atoms with Crippen LogP contribution in [0, 0.1) is 0 Å². The van der Waals surface area contributed by atoms with Crippen molar-refractivity contribution in [3.8, 4) is 0 Å². The fraction of sp³-hybridized carbons (Fsp3) is 1.00. The monoisotopic (exact) mass is 878 g/mol. The van der Waals surface area contributed by atoms with Gasteiger partial charge >= 0.3 is 0 Å². The molecule has 0 amide bonds. The van der Waals surface area contributed by atoms with Gasteiger partial charge in [-0.05, 0) is 0 Å². The number of methoxy groups -OCH3 is 15. The first-order valence-electron chi connectivity index (χ1n) is 19.8. The molecule has 3 aliphatic heterocycles. The van der Waals surface area contributed by atoms with Crippen LogP contribution in [0.4, 0.5) is 0 Å². The average molecular weight is 879 g/mol. The van der Waals surface area contributed by atoms with Gasteiger partial charge in [0.05, 0.1) is 33.0 Å². The molecule has 356 valence electrons. The van der Waals surface area contributed by atoms with E-state index in [9.17, 15) is 0 Å². The van der Waals surface area contributed by atoms with Gasteiger partial charge in [0.1, 0.15) is 97.7 Å². The molecule has 21 nitrogen and oxygen atoms in total. The van der Waals surface area contributed by atoms with Crippen molar-refractivity contribution in [2.75, 3.05) is 140 Å². The summed E-state index contributed by atoms with van der Waals surface area (Å²) < 4.78 is 128. The predicted molar refractivity (Wildman–Crippen MR) is 208 cm³/mol. The molecular formula is C39H74O21. The summed E-state index contributed by atoms with van der Waals surface area (Å²) in [5.74, 6) is 0. The van der Waals surface area contributed by atoms with Crippen molar-refractivity contribution >= 4 is 0 Å². The van der Waals surface area contributed by atoms with E-state index in [4.69, 9.17) is 99.5 Å². The fourth-order valence-corrected chi connectivity index (χ4v) is 8.30. The van der Waals surface area contributed by atoms with E-state index in [-0.39, 0.29) is 33.0 Å². The molecule has 0 saturated carbocycles. The molecule has 0 bridgehead atoms. The van der Waals surface area contributed by atoms with E-state index in [1.54, 1.807) is 78.2 Å². The van der Waals surface area contributed by atoms with Crippen LogP contribution in [0.15, 0.2) is 0 Å². The molecule has 0 aromatic rings. The Morgan fingerprint density at radius 2 is 0.667 bits per heavy atom. The van der Waals surface area contributed by atoms with Crippen molar-refractivity contribution in [1.82, 2.24) is 0 Å². The first-order valence-corrected chi connectivity index (χ1v) is 19.8. The second-order valence-electron chi connectivity index (χ2n) is 14.4. The molecule has 21 heteroatoms. The van der Waals surface area contributed by atoms with Crippen LogP contribution in [0.3, 0.4) is 0 Å². The van der Waals surface area contributed by atoms with Crippen LogP contribution in [-0.2, 0) is 99.5 Å². The summed E-state index contributed by atoms with van der Waals surface area (Å²) in [6.45, 7) is 0.713. The number of hydrogen-bond donors (Lipinski definition) is 0. The molecule has 3 heterocycles. The summed E-state index contributed by atoms with van der Waals surface area (Å²) in [6, 6.07) is 0. The molecule has 3 fully saturated rings. The Morgan fingerprint density at radius 1 is 0.333 bits per heavy atom. The molecule has 0 spiro atoms. The standard InChI is InChI=1S/C39H74O21/c1-40-16-21(45-6)26(47-8)30(22(46-7)17-41-2)58-38-35(53-14)32(28(49-10)24(56-38)19-43-4)60-39-36(54-15)33(29(50-11)25(57-39)20-44-5)59-37-34(52-13)31(51-12)27(48-9)23(55-37)18-42-3/h21-39H,16-20H2,1-15H3/t21-,22+,23+,24+,25+,26-,27+,28-,29+,30+,31-,32-,33-,34-,35+,36-,37+,38-,39+/m0/s1. The van der Waals surface area contributed by atoms with Crippen molar-refractivity contribution in [3.05, 3.63) is 0 Å².